The maximum Gasteiger partial charge on any atom is 0.344 e. The third-order valence-corrected chi connectivity index (χ3v) is 13.6. The Balaban J connectivity index is 2.33. The molecule has 262 valence electrons. The van der Waals surface area contributed by atoms with Gasteiger partial charge in [-0.2, -0.15) is 0 Å². The first-order chi connectivity index (χ1) is 21.0. The molecule has 2 aliphatic rings. The second kappa shape index (κ2) is 21.3. The van der Waals surface area contributed by atoms with Gasteiger partial charge in [0.05, 0.1) is 39.6 Å². The van der Waals surface area contributed by atoms with Crippen LogP contribution in [0.25, 0.3) is 0 Å². The Morgan fingerprint density at radius 3 is 0.750 bits per heavy atom. The van der Waals surface area contributed by atoms with E-state index in [2.05, 4.69) is 24.5 Å². The summed E-state index contributed by atoms with van der Waals surface area (Å²) in [6, 6.07) is 0. The zero-order valence-electron chi connectivity index (χ0n) is 28.1. The molecule has 0 aromatic carbocycles. The summed E-state index contributed by atoms with van der Waals surface area (Å²) in [5.74, 6) is 0. The fraction of sp³-hybridized carbons (Fsp3) is 1.00. The van der Waals surface area contributed by atoms with Gasteiger partial charge in [0.15, 0.2) is 0 Å². The summed E-state index contributed by atoms with van der Waals surface area (Å²) in [7, 11) is -9.90. The van der Waals surface area contributed by atoms with Crippen LogP contribution in [0.5, 0.6) is 0 Å². The van der Waals surface area contributed by atoms with Crippen molar-refractivity contribution >= 4 is 22.8 Å². The average molecular weight is 692 g/mol. The van der Waals surface area contributed by atoms with Gasteiger partial charge in [0, 0.05) is 78.5 Å². The first-order valence-corrected chi connectivity index (χ1v) is 21.5. The number of nitrogens with zero attached hydrogens (tertiary/aromatic N) is 5. The number of rotatable bonds is 18. The fourth-order valence-corrected chi connectivity index (χ4v) is 10.8. The molecule has 0 radical (unpaired) electrons. The minimum Gasteiger partial charge on any atom is -0.308 e. The van der Waals surface area contributed by atoms with Gasteiger partial charge in [-0.25, -0.2) is 0 Å². The van der Waals surface area contributed by atoms with E-state index in [0.29, 0.717) is 65.8 Å². The van der Waals surface area contributed by atoms with Gasteiger partial charge in [-0.05, 0) is 41.5 Å². The van der Waals surface area contributed by atoms with Crippen molar-refractivity contribution in [1.29, 1.82) is 0 Å². The van der Waals surface area contributed by atoms with E-state index in [9.17, 15) is 13.7 Å². The lowest BCUT2D eigenvalue weighted by molar-refractivity contribution is 0.137. The molecule has 2 unspecified atom stereocenters. The summed E-state index contributed by atoms with van der Waals surface area (Å²) in [5.41, 5.74) is 0. The van der Waals surface area contributed by atoms with Crippen LogP contribution in [0.4, 0.5) is 0 Å². The van der Waals surface area contributed by atoms with Crippen LogP contribution >= 0.6 is 22.8 Å². The van der Waals surface area contributed by atoms with E-state index in [1.165, 1.54) is 0 Å². The molecule has 2 fully saturated rings. The third-order valence-electron chi connectivity index (χ3n) is 7.47. The highest BCUT2D eigenvalue weighted by molar-refractivity contribution is 7.54. The summed E-state index contributed by atoms with van der Waals surface area (Å²) in [5, 5.41) is 0. The van der Waals surface area contributed by atoms with Gasteiger partial charge in [0.25, 0.3) is 0 Å². The summed E-state index contributed by atoms with van der Waals surface area (Å²) < 4.78 is 74.4. The lowest BCUT2D eigenvalue weighted by Gasteiger charge is -2.35. The number of hydrogen-bond acceptors (Lipinski definition) is 14. The smallest absolute Gasteiger partial charge is 0.308 e. The number of fused-ring (bicyclic) bond motifs is 3. The lowest BCUT2D eigenvalue weighted by Crippen LogP contribution is -2.46. The van der Waals surface area contributed by atoms with Crippen LogP contribution in [0.2, 0.25) is 0 Å². The maximum atomic E-state index is 13.6. The molecule has 2 heterocycles. The van der Waals surface area contributed by atoms with E-state index in [0.717, 1.165) is 52.4 Å². The molecular weight excluding hydrogens is 631 g/mol. The minimum absolute atomic E-state index is 0.176. The summed E-state index contributed by atoms with van der Waals surface area (Å²) in [6.07, 6.45) is 0.594. The Morgan fingerprint density at radius 2 is 0.545 bits per heavy atom. The maximum absolute atomic E-state index is 13.6. The van der Waals surface area contributed by atoms with Gasteiger partial charge in [-0.3, -0.25) is 38.2 Å². The SMILES string of the molecule is CCOP(=O)(CN1CCN2CCN(CC1)CCN(CP(=O)(OCC)OCC)CCN(CP(=O)(OCC)OCC)CC2)OCC. The quantitative estimate of drug-likeness (QED) is 0.191. The second-order valence-corrected chi connectivity index (χ2v) is 16.9. The Labute approximate surface area is 266 Å². The van der Waals surface area contributed by atoms with Crippen LogP contribution in [-0.2, 0) is 40.8 Å². The summed E-state index contributed by atoms with van der Waals surface area (Å²) in [4.78, 5) is 11.3. The molecule has 17 heteroatoms. The van der Waals surface area contributed by atoms with Gasteiger partial charge in [-0.1, -0.05) is 0 Å². The zero-order valence-corrected chi connectivity index (χ0v) is 30.8. The van der Waals surface area contributed by atoms with Gasteiger partial charge >= 0.3 is 22.8 Å². The molecule has 0 aliphatic carbocycles. The van der Waals surface area contributed by atoms with E-state index in [4.69, 9.17) is 27.1 Å². The molecule has 0 saturated carbocycles. The van der Waals surface area contributed by atoms with Crippen molar-refractivity contribution in [2.45, 2.75) is 41.5 Å². The van der Waals surface area contributed by atoms with Crippen LogP contribution in [0.3, 0.4) is 0 Å². The van der Waals surface area contributed by atoms with E-state index < -0.39 is 22.8 Å². The van der Waals surface area contributed by atoms with Crippen LogP contribution in [0, 0.1) is 0 Å². The largest absolute Gasteiger partial charge is 0.344 e. The molecule has 2 atom stereocenters. The Morgan fingerprint density at radius 1 is 0.364 bits per heavy atom. The number of hydrogen-bond donors (Lipinski definition) is 0. The Hall–Kier alpha value is 0.250. The molecule has 0 aromatic rings. The van der Waals surface area contributed by atoms with Crippen molar-refractivity contribution < 1.29 is 40.8 Å². The van der Waals surface area contributed by atoms with Crippen LogP contribution in [-0.4, -0.2) is 162 Å². The van der Waals surface area contributed by atoms with E-state index in [1.807, 2.05) is 41.5 Å². The van der Waals surface area contributed by atoms with E-state index >= 15 is 0 Å². The van der Waals surface area contributed by atoms with Crippen molar-refractivity contribution in [1.82, 2.24) is 24.5 Å². The van der Waals surface area contributed by atoms with Crippen LogP contribution < -0.4 is 0 Å². The summed E-state index contributed by atoms with van der Waals surface area (Å²) in [6.45, 7) is 21.6. The minimum atomic E-state index is -3.33. The average Bonchev–Trinajstić information content (AvgIpc) is 3.03. The summed E-state index contributed by atoms with van der Waals surface area (Å²) >= 11 is 0. The predicted octanol–water partition coefficient (Wildman–Crippen LogP) is 4.19. The molecule has 0 spiro atoms. The molecule has 2 rings (SSSR count). The predicted molar refractivity (Wildman–Crippen MR) is 175 cm³/mol. The molecule has 2 bridgehead atoms. The molecule has 14 nitrogen and oxygen atoms in total. The molecule has 0 N–H and O–H groups in total. The third kappa shape index (κ3) is 15.0. The molecule has 44 heavy (non-hydrogen) atoms. The standard InChI is InChI=1S/C27H60N5O9P3/c1-7-36-42(33,37-8-2)25-30-19-15-28-13-14-29(16-20-30)18-22-32(27-44(35,40-11-5)41-12-6)24-23-31(21-17-28)26-43(34,38-9-3)39-10-4/h7-27H2,1-6H3. The highest BCUT2D eigenvalue weighted by Crippen LogP contribution is 2.50. The van der Waals surface area contributed by atoms with E-state index in [-0.39, 0.29) is 18.9 Å². The topological polar surface area (TPSA) is 123 Å². The van der Waals surface area contributed by atoms with Crippen LogP contribution in [0.15, 0.2) is 0 Å². The molecule has 0 aromatic heterocycles. The Bertz CT molecular complexity index is 851. The normalized spacial score (nSPS) is 23.0. The van der Waals surface area contributed by atoms with Gasteiger partial charge in [0.2, 0.25) is 0 Å². The molecule has 2 aliphatic heterocycles. The second-order valence-electron chi connectivity index (χ2n) is 10.8. The fourth-order valence-electron chi connectivity index (χ4n) is 5.40. The van der Waals surface area contributed by atoms with Crippen LogP contribution in [0.1, 0.15) is 41.5 Å². The van der Waals surface area contributed by atoms with Gasteiger partial charge in [-0.15, -0.1) is 0 Å². The van der Waals surface area contributed by atoms with Crippen molar-refractivity contribution in [3.63, 3.8) is 0 Å². The monoisotopic (exact) mass is 691 g/mol. The first kappa shape index (κ1) is 40.4. The molecular formula is C27H60N5O9P3. The van der Waals surface area contributed by atoms with Crippen molar-refractivity contribution in [2.24, 2.45) is 0 Å². The van der Waals surface area contributed by atoms with Gasteiger partial charge < -0.3 is 27.1 Å². The molecule has 0 amide bonds. The lowest BCUT2D eigenvalue weighted by atomic mass is 10.3. The van der Waals surface area contributed by atoms with Crippen molar-refractivity contribution in [3.8, 4) is 0 Å². The zero-order chi connectivity index (χ0) is 32.5. The van der Waals surface area contributed by atoms with Gasteiger partial charge in [0.1, 0.15) is 18.9 Å². The Kier molecular flexibility index (Phi) is 19.5. The first-order valence-electron chi connectivity index (χ1n) is 16.3. The van der Waals surface area contributed by atoms with E-state index in [1.54, 1.807) is 0 Å². The molecule has 2 saturated heterocycles. The highest BCUT2D eigenvalue weighted by atomic mass is 31.2. The highest BCUT2D eigenvalue weighted by Gasteiger charge is 2.32. The van der Waals surface area contributed by atoms with Crippen molar-refractivity contribution in [2.75, 3.05) is 137 Å². The van der Waals surface area contributed by atoms with Crippen molar-refractivity contribution in [3.05, 3.63) is 0 Å².